The van der Waals surface area contributed by atoms with E-state index in [1.807, 2.05) is 55.1 Å². The maximum Gasteiger partial charge on any atom is 0.254 e. The first-order valence-electron chi connectivity index (χ1n) is 14.4. The summed E-state index contributed by atoms with van der Waals surface area (Å²) in [4.78, 5) is 31.9. The minimum Gasteiger partial charge on any atom is -0.490 e. The number of carbonyl (C=O) groups excluding carboxylic acids is 2. The van der Waals surface area contributed by atoms with Crippen LogP contribution in [0.3, 0.4) is 0 Å². The zero-order valence-corrected chi connectivity index (χ0v) is 22.8. The number of fused-ring (bicyclic) bond motifs is 4. The van der Waals surface area contributed by atoms with Crippen LogP contribution in [0.2, 0.25) is 0 Å². The monoisotopic (exact) mass is 519 g/mol. The molecule has 0 bridgehead atoms. The first-order valence-corrected chi connectivity index (χ1v) is 14.4. The Kier molecular flexibility index (Phi) is 8.52. The molecule has 2 amide bonds. The van der Waals surface area contributed by atoms with Crippen molar-refractivity contribution in [2.75, 3.05) is 45.9 Å². The van der Waals surface area contributed by atoms with Gasteiger partial charge in [-0.25, -0.2) is 0 Å². The van der Waals surface area contributed by atoms with Gasteiger partial charge >= 0.3 is 0 Å². The SMILES string of the molecule is CCOc1cc2c(cc1OCC)C1C(C(=O)NCCCN3CCCCCC3)c3ccccc3C(=O)N1CC2. The van der Waals surface area contributed by atoms with E-state index in [0.717, 1.165) is 54.9 Å². The highest BCUT2D eigenvalue weighted by atomic mass is 16.5. The molecule has 2 aromatic rings. The molecule has 0 radical (unpaired) electrons. The van der Waals surface area contributed by atoms with E-state index >= 15 is 0 Å². The Labute approximate surface area is 226 Å². The van der Waals surface area contributed by atoms with E-state index < -0.39 is 5.92 Å². The highest BCUT2D eigenvalue weighted by molar-refractivity contribution is 6.01. The van der Waals surface area contributed by atoms with Crippen molar-refractivity contribution in [2.24, 2.45) is 0 Å². The molecule has 0 aromatic heterocycles. The zero-order chi connectivity index (χ0) is 26.5. The third-order valence-corrected chi connectivity index (χ3v) is 8.12. The molecule has 1 saturated heterocycles. The summed E-state index contributed by atoms with van der Waals surface area (Å²) >= 11 is 0. The maximum absolute atomic E-state index is 13.9. The van der Waals surface area contributed by atoms with Gasteiger partial charge in [0.15, 0.2) is 11.5 Å². The van der Waals surface area contributed by atoms with Crippen molar-refractivity contribution in [1.29, 1.82) is 0 Å². The molecule has 1 N–H and O–H groups in total. The molecule has 2 atom stereocenters. The Balaban J connectivity index is 1.42. The predicted octanol–water partition coefficient (Wildman–Crippen LogP) is 4.70. The normalized spacial score (nSPS) is 21.1. The quantitative estimate of drug-likeness (QED) is 0.486. The van der Waals surface area contributed by atoms with Gasteiger partial charge in [-0.15, -0.1) is 0 Å². The van der Waals surface area contributed by atoms with Crippen LogP contribution >= 0.6 is 0 Å². The van der Waals surface area contributed by atoms with Gasteiger partial charge in [0.05, 0.1) is 25.2 Å². The molecule has 0 aliphatic carbocycles. The van der Waals surface area contributed by atoms with E-state index in [-0.39, 0.29) is 17.9 Å². The molecule has 2 aromatic carbocycles. The number of rotatable bonds is 9. The van der Waals surface area contributed by atoms with E-state index in [0.29, 0.717) is 37.6 Å². The molecule has 2 unspecified atom stereocenters. The van der Waals surface area contributed by atoms with Crippen molar-refractivity contribution in [1.82, 2.24) is 15.1 Å². The van der Waals surface area contributed by atoms with Crippen molar-refractivity contribution in [3.63, 3.8) is 0 Å². The number of benzene rings is 2. The smallest absolute Gasteiger partial charge is 0.254 e. The summed E-state index contributed by atoms with van der Waals surface area (Å²) in [6.07, 6.45) is 6.83. The van der Waals surface area contributed by atoms with Gasteiger partial charge in [-0.2, -0.15) is 0 Å². The van der Waals surface area contributed by atoms with Crippen LogP contribution in [0.25, 0.3) is 0 Å². The number of nitrogens with one attached hydrogen (secondary N) is 1. The van der Waals surface area contributed by atoms with Gasteiger partial charge in [-0.1, -0.05) is 31.0 Å². The van der Waals surface area contributed by atoms with Gasteiger partial charge in [-0.3, -0.25) is 9.59 Å². The number of hydrogen-bond acceptors (Lipinski definition) is 5. The van der Waals surface area contributed by atoms with Gasteiger partial charge < -0.3 is 24.6 Å². The fraction of sp³-hybridized carbons (Fsp3) is 0.548. The Bertz CT molecular complexity index is 1140. The van der Waals surface area contributed by atoms with Crippen LogP contribution in [-0.2, 0) is 11.2 Å². The second-order valence-electron chi connectivity index (χ2n) is 10.5. The van der Waals surface area contributed by atoms with Gasteiger partial charge in [-0.05, 0) is 94.1 Å². The number of nitrogens with zero attached hydrogens (tertiary/aromatic N) is 2. The maximum atomic E-state index is 13.9. The standard InChI is InChI=1S/C31H41N3O4/c1-3-37-26-20-22-14-19-34-29(25(22)21-27(26)38-4-2)28(23-12-7-8-13-24(23)31(34)36)30(35)32-15-11-18-33-16-9-5-6-10-17-33/h7-8,12-13,20-21,28-29H,3-6,9-11,14-19H2,1-2H3,(H,32,35). The number of ether oxygens (including phenoxy) is 2. The summed E-state index contributed by atoms with van der Waals surface area (Å²) in [6.45, 7) is 9.50. The van der Waals surface area contributed by atoms with Crippen LogP contribution in [0.1, 0.15) is 85.0 Å². The van der Waals surface area contributed by atoms with E-state index in [9.17, 15) is 9.59 Å². The molecule has 204 valence electrons. The molecule has 3 aliphatic heterocycles. The Hall–Kier alpha value is -3.06. The molecule has 3 heterocycles. The van der Waals surface area contributed by atoms with Crippen molar-refractivity contribution in [2.45, 2.75) is 64.3 Å². The van der Waals surface area contributed by atoms with Gasteiger partial charge in [0.25, 0.3) is 5.91 Å². The molecule has 0 spiro atoms. The summed E-state index contributed by atoms with van der Waals surface area (Å²) in [6, 6.07) is 11.3. The minimum atomic E-state index is -0.478. The molecule has 0 saturated carbocycles. The molecular weight excluding hydrogens is 478 g/mol. The first-order chi connectivity index (χ1) is 18.6. The third-order valence-electron chi connectivity index (χ3n) is 8.12. The Morgan fingerprint density at radius 3 is 2.39 bits per heavy atom. The van der Waals surface area contributed by atoms with Crippen molar-refractivity contribution in [3.05, 3.63) is 58.7 Å². The predicted molar refractivity (Wildman–Crippen MR) is 148 cm³/mol. The van der Waals surface area contributed by atoms with E-state index in [2.05, 4.69) is 10.2 Å². The summed E-state index contributed by atoms with van der Waals surface area (Å²) in [7, 11) is 0. The van der Waals surface area contributed by atoms with Gasteiger partial charge in [0.2, 0.25) is 5.91 Å². The Morgan fingerprint density at radius 1 is 0.947 bits per heavy atom. The van der Waals surface area contributed by atoms with Gasteiger partial charge in [0, 0.05) is 18.7 Å². The highest BCUT2D eigenvalue weighted by Gasteiger charge is 2.46. The summed E-state index contributed by atoms with van der Waals surface area (Å²) in [5.41, 5.74) is 3.54. The topological polar surface area (TPSA) is 71.1 Å². The highest BCUT2D eigenvalue weighted by Crippen LogP contribution is 2.48. The summed E-state index contributed by atoms with van der Waals surface area (Å²) < 4.78 is 11.8. The van der Waals surface area contributed by atoms with E-state index in [1.54, 1.807) is 0 Å². The van der Waals surface area contributed by atoms with Crippen LogP contribution in [0.5, 0.6) is 11.5 Å². The average molecular weight is 520 g/mol. The van der Waals surface area contributed by atoms with Gasteiger partial charge in [0.1, 0.15) is 0 Å². The van der Waals surface area contributed by atoms with E-state index in [1.165, 1.54) is 25.7 Å². The molecule has 38 heavy (non-hydrogen) atoms. The first kappa shape index (κ1) is 26.5. The van der Waals surface area contributed by atoms with Crippen molar-refractivity contribution >= 4 is 11.8 Å². The summed E-state index contributed by atoms with van der Waals surface area (Å²) in [5.74, 6) is 0.883. The van der Waals surface area contributed by atoms with Crippen LogP contribution < -0.4 is 14.8 Å². The van der Waals surface area contributed by atoms with Crippen LogP contribution in [0.4, 0.5) is 0 Å². The van der Waals surface area contributed by atoms with E-state index in [4.69, 9.17) is 9.47 Å². The fourth-order valence-electron chi connectivity index (χ4n) is 6.34. The number of amides is 2. The van der Waals surface area contributed by atoms with Crippen LogP contribution in [-0.4, -0.2) is 67.6 Å². The van der Waals surface area contributed by atoms with Crippen molar-refractivity contribution in [3.8, 4) is 11.5 Å². The number of carbonyl (C=O) groups is 2. The molecular formula is C31H41N3O4. The zero-order valence-electron chi connectivity index (χ0n) is 22.8. The van der Waals surface area contributed by atoms with Crippen LogP contribution in [0.15, 0.2) is 36.4 Å². The Morgan fingerprint density at radius 2 is 1.66 bits per heavy atom. The second-order valence-corrected chi connectivity index (χ2v) is 10.5. The number of hydrogen-bond donors (Lipinski definition) is 1. The minimum absolute atomic E-state index is 0.00620. The lowest BCUT2D eigenvalue weighted by molar-refractivity contribution is -0.124. The molecule has 5 rings (SSSR count). The second kappa shape index (κ2) is 12.2. The molecule has 7 nitrogen and oxygen atoms in total. The largest absolute Gasteiger partial charge is 0.490 e. The van der Waals surface area contributed by atoms with Crippen LogP contribution in [0, 0.1) is 0 Å². The fourth-order valence-corrected chi connectivity index (χ4v) is 6.34. The van der Waals surface area contributed by atoms with Crippen molar-refractivity contribution < 1.29 is 19.1 Å². The third kappa shape index (κ3) is 5.39. The lowest BCUT2D eigenvalue weighted by atomic mass is 9.75. The molecule has 7 heteroatoms. The lowest BCUT2D eigenvalue weighted by Crippen LogP contribution is -2.50. The lowest BCUT2D eigenvalue weighted by Gasteiger charge is -2.45. The average Bonchev–Trinajstić information content (AvgIpc) is 3.21. The molecule has 3 aliphatic rings. The molecule has 1 fully saturated rings. The number of likely N-dealkylation sites (tertiary alicyclic amines) is 1. The summed E-state index contributed by atoms with van der Waals surface area (Å²) in [5, 5.41) is 3.24.